The maximum absolute atomic E-state index is 12.2. The van der Waals surface area contributed by atoms with Crippen LogP contribution in [0.3, 0.4) is 0 Å². The molecule has 2 N–H and O–H groups in total. The molecule has 0 heterocycles. The monoisotopic (exact) mass is 392 g/mol. The normalized spacial score (nSPS) is 11.1. The Morgan fingerprint density at radius 1 is 1.00 bits per heavy atom. The highest BCUT2D eigenvalue weighted by molar-refractivity contribution is 7.92. The van der Waals surface area contributed by atoms with Crippen LogP contribution in [0.25, 0.3) is 0 Å². The Morgan fingerprint density at radius 3 is 2.30 bits per heavy atom. The van der Waals surface area contributed by atoms with Crippen LogP contribution in [-0.4, -0.2) is 20.6 Å². The van der Waals surface area contributed by atoms with E-state index < -0.39 is 15.9 Å². The van der Waals surface area contributed by atoms with Gasteiger partial charge in [-0.05, 0) is 30.3 Å². The first-order chi connectivity index (χ1) is 10.7. The topological polar surface area (TPSA) is 75.3 Å². The van der Waals surface area contributed by atoms with Gasteiger partial charge in [0.1, 0.15) is 0 Å². The smallest absolute Gasteiger partial charge is 0.255 e. The van der Waals surface area contributed by atoms with Gasteiger partial charge < -0.3 is 5.32 Å². The molecule has 0 saturated heterocycles. The van der Waals surface area contributed by atoms with Gasteiger partial charge in [-0.2, -0.15) is 0 Å². The Kier molecular flexibility index (Phi) is 5.41. The number of carbonyl (C=O) groups is 1. The molecule has 0 aliphatic heterocycles. The third kappa shape index (κ3) is 4.75. The molecular weight excluding hydrogens is 383 g/mol. The Bertz CT molecular complexity index is 870. The SMILES string of the molecule is CS(=O)(=O)Nc1ccc(C(=O)Nc2cccc(Cl)c2Cl)cc1Cl. The number of hydrogen-bond donors (Lipinski definition) is 2. The fourth-order valence-corrected chi connectivity index (χ4v) is 2.94. The van der Waals surface area contributed by atoms with Crippen LogP contribution >= 0.6 is 34.8 Å². The molecule has 0 fully saturated rings. The van der Waals surface area contributed by atoms with Crippen LogP contribution in [0.15, 0.2) is 36.4 Å². The number of carbonyl (C=O) groups excluding carboxylic acids is 1. The maximum Gasteiger partial charge on any atom is 0.255 e. The molecule has 0 atom stereocenters. The number of benzene rings is 2. The third-order valence-corrected chi connectivity index (χ3v) is 4.45. The van der Waals surface area contributed by atoms with Crippen molar-refractivity contribution in [2.45, 2.75) is 0 Å². The van der Waals surface area contributed by atoms with Gasteiger partial charge in [-0.1, -0.05) is 40.9 Å². The maximum atomic E-state index is 12.2. The first-order valence-corrected chi connectivity index (χ1v) is 9.22. The molecule has 0 spiro atoms. The van der Waals surface area contributed by atoms with Crippen molar-refractivity contribution < 1.29 is 13.2 Å². The van der Waals surface area contributed by atoms with E-state index in [1.807, 2.05) is 0 Å². The Labute approximate surface area is 148 Å². The molecule has 2 aromatic carbocycles. The van der Waals surface area contributed by atoms with E-state index in [0.29, 0.717) is 10.7 Å². The number of anilines is 2. The van der Waals surface area contributed by atoms with E-state index in [2.05, 4.69) is 10.0 Å². The van der Waals surface area contributed by atoms with Gasteiger partial charge in [0.25, 0.3) is 5.91 Å². The minimum absolute atomic E-state index is 0.0975. The molecule has 0 saturated carbocycles. The van der Waals surface area contributed by atoms with Gasteiger partial charge in [-0.15, -0.1) is 0 Å². The standard InChI is InChI=1S/C14H11Cl3N2O3S/c1-23(21,22)19-11-6-5-8(7-10(11)16)14(20)18-12-4-2-3-9(15)13(12)17/h2-7,19H,1H3,(H,18,20). The molecule has 5 nitrogen and oxygen atoms in total. The van der Waals surface area contributed by atoms with Gasteiger partial charge in [0, 0.05) is 5.56 Å². The number of sulfonamides is 1. The summed E-state index contributed by atoms with van der Waals surface area (Å²) in [5.41, 5.74) is 0.787. The molecule has 122 valence electrons. The Balaban J connectivity index is 2.23. The highest BCUT2D eigenvalue weighted by atomic mass is 35.5. The van der Waals surface area contributed by atoms with Gasteiger partial charge in [-0.3, -0.25) is 9.52 Å². The lowest BCUT2D eigenvalue weighted by atomic mass is 10.2. The van der Waals surface area contributed by atoms with E-state index in [9.17, 15) is 13.2 Å². The van der Waals surface area contributed by atoms with Crippen molar-refractivity contribution in [3.05, 3.63) is 57.0 Å². The second-order valence-corrected chi connectivity index (χ2v) is 7.57. The van der Waals surface area contributed by atoms with Gasteiger partial charge in [-0.25, -0.2) is 8.42 Å². The van der Waals surface area contributed by atoms with Crippen molar-refractivity contribution in [3.8, 4) is 0 Å². The van der Waals surface area contributed by atoms with Crippen molar-refractivity contribution in [3.63, 3.8) is 0 Å². The van der Waals surface area contributed by atoms with Crippen LogP contribution < -0.4 is 10.0 Å². The molecule has 0 radical (unpaired) electrons. The number of amides is 1. The Morgan fingerprint density at radius 2 is 1.70 bits per heavy atom. The molecule has 9 heteroatoms. The second kappa shape index (κ2) is 6.97. The highest BCUT2D eigenvalue weighted by Crippen LogP contribution is 2.30. The fraction of sp³-hybridized carbons (Fsp3) is 0.0714. The minimum atomic E-state index is -3.46. The summed E-state index contributed by atoms with van der Waals surface area (Å²) in [4.78, 5) is 12.2. The van der Waals surface area contributed by atoms with Crippen molar-refractivity contribution in [2.75, 3.05) is 16.3 Å². The predicted octanol–water partition coefficient (Wildman–Crippen LogP) is 4.27. The number of nitrogens with one attached hydrogen (secondary N) is 2. The average Bonchev–Trinajstić information content (AvgIpc) is 2.44. The summed E-state index contributed by atoms with van der Waals surface area (Å²) in [5, 5.41) is 3.25. The molecule has 0 aliphatic carbocycles. The van der Waals surface area contributed by atoms with Gasteiger partial charge in [0.15, 0.2) is 0 Å². The van der Waals surface area contributed by atoms with Crippen LogP contribution in [0, 0.1) is 0 Å². The summed E-state index contributed by atoms with van der Waals surface area (Å²) in [5.74, 6) is -0.457. The molecule has 0 bridgehead atoms. The predicted molar refractivity (Wildman–Crippen MR) is 94.3 cm³/mol. The van der Waals surface area contributed by atoms with Crippen molar-refractivity contribution in [1.29, 1.82) is 0 Å². The average molecular weight is 394 g/mol. The summed E-state index contributed by atoms with van der Waals surface area (Å²) >= 11 is 17.9. The highest BCUT2D eigenvalue weighted by Gasteiger charge is 2.13. The van der Waals surface area contributed by atoms with Crippen LogP contribution in [-0.2, 0) is 10.0 Å². The zero-order valence-corrected chi connectivity index (χ0v) is 14.8. The minimum Gasteiger partial charge on any atom is -0.321 e. The zero-order valence-electron chi connectivity index (χ0n) is 11.7. The van der Waals surface area contributed by atoms with Gasteiger partial charge >= 0.3 is 0 Å². The van der Waals surface area contributed by atoms with E-state index in [4.69, 9.17) is 34.8 Å². The molecule has 2 aromatic rings. The lowest BCUT2D eigenvalue weighted by Gasteiger charge is -2.10. The second-order valence-electron chi connectivity index (χ2n) is 4.62. The summed E-state index contributed by atoms with van der Waals surface area (Å²) < 4.78 is 24.7. The van der Waals surface area contributed by atoms with E-state index in [0.717, 1.165) is 6.26 Å². The van der Waals surface area contributed by atoms with Crippen molar-refractivity contribution in [1.82, 2.24) is 0 Å². The first-order valence-electron chi connectivity index (χ1n) is 6.20. The van der Waals surface area contributed by atoms with Crippen LogP contribution in [0.2, 0.25) is 15.1 Å². The van der Waals surface area contributed by atoms with Crippen LogP contribution in [0.4, 0.5) is 11.4 Å². The fourth-order valence-electron chi connectivity index (χ4n) is 1.73. The van der Waals surface area contributed by atoms with E-state index in [1.54, 1.807) is 18.2 Å². The van der Waals surface area contributed by atoms with E-state index >= 15 is 0 Å². The molecule has 0 unspecified atom stereocenters. The molecule has 2 rings (SSSR count). The number of rotatable bonds is 4. The van der Waals surface area contributed by atoms with E-state index in [1.165, 1.54) is 18.2 Å². The number of halogens is 3. The quantitative estimate of drug-likeness (QED) is 0.814. The summed E-state index contributed by atoms with van der Waals surface area (Å²) in [6.45, 7) is 0. The summed E-state index contributed by atoms with van der Waals surface area (Å²) in [6, 6.07) is 9.04. The lowest BCUT2D eigenvalue weighted by Crippen LogP contribution is -2.13. The zero-order chi connectivity index (χ0) is 17.2. The van der Waals surface area contributed by atoms with Gasteiger partial charge in [0.2, 0.25) is 10.0 Å². The van der Waals surface area contributed by atoms with Crippen LogP contribution in [0.5, 0.6) is 0 Å². The third-order valence-electron chi connectivity index (χ3n) is 2.73. The van der Waals surface area contributed by atoms with Crippen molar-refractivity contribution >= 4 is 62.1 Å². The van der Waals surface area contributed by atoms with Crippen molar-refractivity contribution in [2.24, 2.45) is 0 Å². The van der Waals surface area contributed by atoms with E-state index in [-0.39, 0.29) is 21.3 Å². The largest absolute Gasteiger partial charge is 0.321 e. The molecule has 1 amide bonds. The Hall–Kier alpha value is -1.47. The first kappa shape index (κ1) is 17.9. The summed E-state index contributed by atoms with van der Waals surface area (Å²) in [7, 11) is -3.46. The number of hydrogen-bond acceptors (Lipinski definition) is 3. The molecule has 23 heavy (non-hydrogen) atoms. The lowest BCUT2D eigenvalue weighted by molar-refractivity contribution is 0.102. The molecular formula is C14H11Cl3N2O3S. The summed E-state index contributed by atoms with van der Waals surface area (Å²) in [6.07, 6.45) is 1.01. The molecule has 0 aromatic heterocycles. The van der Waals surface area contributed by atoms with Crippen LogP contribution in [0.1, 0.15) is 10.4 Å². The van der Waals surface area contributed by atoms with Gasteiger partial charge in [0.05, 0.1) is 32.7 Å². The molecule has 0 aliphatic rings.